The third-order valence-corrected chi connectivity index (χ3v) is 4.30. The highest BCUT2D eigenvalue weighted by Gasteiger charge is 2.33. The van der Waals surface area contributed by atoms with Crippen molar-refractivity contribution in [3.8, 4) is 0 Å². The second-order valence-corrected chi connectivity index (χ2v) is 5.87. The summed E-state index contributed by atoms with van der Waals surface area (Å²) in [6.07, 6.45) is 1.83. The van der Waals surface area contributed by atoms with Gasteiger partial charge < -0.3 is 15.2 Å². The first kappa shape index (κ1) is 14.8. The van der Waals surface area contributed by atoms with Crippen molar-refractivity contribution in [1.29, 1.82) is 0 Å². The van der Waals surface area contributed by atoms with Gasteiger partial charge in [-0.05, 0) is 37.0 Å². The molecule has 0 spiro atoms. The first-order valence-corrected chi connectivity index (χ1v) is 7.17. The molecule has 2 N–H and O–H groups in total. The minimum Gasteiger partial charge on any atom is -0.396 e. The lowest BCUT2D eigenvalue weighted by Crippen LogP contribution is -2.35. The lowest BCUT2D eigenvalue weighted by atomic mass is 9.84. The van der Waals surface area contributed by atoms with Gasteiger partial charge in [-0.3, -0.25) is 0 Å². The Morgan fingerprint density at radius 3 is 2.95 bits per heavy atom. The molecule has 0 aromatic heterocycles. The van der Waals surface area contributed by atoms with Gasteiger partial charge in [-0.2, -0.15) is 0 Å². The van der Waals surface area contributed by atoms with Crippen LogP contribution in [0.15, 0.2) is 18.2 Å². The summed E-state index contributed by atoms with van der Waals surface area (Å²) >= 11 is 6.02. The number of benzene rings is 1. The van der Waals surface area contributed by atoms with Gasteiger partial charge in [-0.1, -0.05) is 23.7 Å². The molecule has 1 unspecified atom stereocenters. The van der Waals surface area contributed by atoms with Crippen LogP contribution >= 0.6 is 11.6 Å². The lowest BCUT2D eigenvalue weighted by Gasteiger charge is -2.27. The monoisotopic (exact) mass is 283 g/mol. The van der Waals surface area contributed by atoms with Crippen LogP contribution in [0.3, 0.4) is 0 Å². The molecule has 106 valence electrons. The first-order chi connectivity index (χ1) is 9.15. The number of rotatable bonds is 6. The van der Waals surface area contributed by atoms with Gasteiger partial charge in [0.25, 0.3) is 0 Å². The second kappa shape index (κ2) is 6.71. The zero-order valence-corrected chi connectivity index (χ0v) is 12.2. The number of ether oxygens (including phenoxy) is 1. The Labute approximate surface area is 119 Å². The van der Waals surface area contributed by atoms with Gasteiger partial charge in [0, 0.05) is 36.7 Å². The summed E-state index contributed by atoms with van der Waals surface area (Å²) in [7, 11) is 0. The summed E-state index contributed by atoms with van der Waals surface area (Å²) in [6.45, 7) is 5.51. The smallest absolute Gasteiger partial charge is 0.0536 e. The van der Waals surface area contributed by atoms with Crippen LogP contribution in [0, 0.1) is 12.3 Å². The molecule has 3 nitrogen and oxygen atoms in total. The van der Waals surface area contributed by atoms with Crippen molar-refractivity contribution in [3.05, 3.63) is 34.3 Å². The summed E-state index contributed by atoms with van der Waals surface area (Å²) in [5.74, 6) is 0. The van der Waals surface area contributed by atoms with Crippen molar-refractivity contribution in [2.24, 2.45) is 5.41 Å². The van der Waals surface area contributed by atoms with Gasteiger partial charge >= 0.3 is 0 Å². The standard InChI is InChI=1S/C15H22ClNO2/c1-12-8-13(2-3-14(12)16)9-17-10-15(4-6-18)5-7-19-11-15/h2-3,8,17-18H,4-7,9-11H2,1H3. The van der Waals surface area contributed by atoms with Gasteiger partial charge in [0.15, 0.2) is 0 Å². The summed E-state index contributed by atoms with van der Waals surface area (Å²) in [4.78, 5) is 0. The van der Waals surface area contributed by atoms with E-state index in [2.05, 4.69) is 11.4 Å². The normalized spacial score (nSPS) is 22.9. The molecule has 0 radical (unpaired) electrons. The topological polar surface area (TPSA) is 41.5 Å². The Kier molecular flexibility index (Phi) is 5.22. The van der Waals surface area contributed by atoms with Gasteiger partial charge in [0.2, 0.25) is 0 Å². The van der Waals surface area contributed by atoms with Crippen molar-refractivity contribution in [2.75, 3.05) is 26.4 Å². The highest BCUT2D eigenvalue weighted by molar-refractivity contribution is 6.31. The van der Waals surface area contributed by atoms with Crippen molar-refractivity contribution in [2.45, 2.75) is 26.3 Å². The van der Waals surface area contributed by atoms with E-state index in [0.717, 1.165) is 49.7 Å². The zero-order chi connectivity index (χ0) is 13.7. The van der Waals surface area contributed by atoms with Crippen molar-refractivity contribution in [3.63, 3.8) is 0 Å². The molecule has 0 bridgehead atoms. The fraction of sp³-hybridized carbons (Fsp3) is 0.600. The van der Waals surface area contributed by atoms with Crippen molar-refractivity contribution >= 4 is 11.6 Å². The Morgan fingerprint density at radius 1 is 1.47 bits per heavy atom. The maximum Gasteiger partial charge on any atom is 0.0536 e. The first-order valence-electron chi connectivity index (χ1n) is 6.80. The minimum absolute atomic E-state index is 0.107. The molecule has 19 heavy (non-hydrogen) atoms. The third-order valence-electron chi connectivity index (χ3n) is 3.88. The minimum atomic E-state index is 0.107. The van der Waals surface area contributed by atoms with E-state index >= 15 is 0 Å². The molecule has 1 heterocycles. The highest BCUT2D eigenvalue weighted by Crippen LogP contribution is 2.31. The molecule has 1 aromatic rings. The van der Waals surface area contributed by atoms with Crippen molar-refractivity contribution < 1.29 is 9.84 Å². The molecule has 2 rings (SSSR count). The van der Waals surface area contributed by atoms with Crippen LogP contribution in [-0.2, 0) is 11.3 Å². The number of hydrogen-bond donors (Lipinski definition) is 2. The third kappa shape index (κ3) is 3.93. The molecule has 1 saturated heterocycles. The lowest BCUT2D eigenvalue weighted by molar-refractivity contribution is 0.124. The molecular formula is C15H22ClNO2. The maximum atomic E-state index is 9.18. The number of aryl methyl sites for hydroxylation is 1. The fourth-order valence-electron chi connectivity index (χ4n) is 2.60. The molecular weight excluding hydrogens is 262 g/mol. The van der Waals surface area contributed by atoms with Crippen LogP contribution in [0.25, 0.3) is 0 Å². The van der Waals surface area contributed by atoms with Crippen LogP contribution < -0.4 is 5.32 Å². The van der Waals surface area contributed by atoms with Crippen LogP contribution in [0.1, 0.15) is 24.0 Å². The molecule has 1 aliphatic heterocycles. The number of halogens is 1. The molecule has 0 amide bonds. The van der Waals surface area contributed by atoms with Crippen LogP contribution in [-0.4, -0.2) is 31.5 Å². The predicted molar refractivity (Wildman–Crippen MR) is 77.5 cm³/mol. The Hall–Kier alpha value is -0.610. The second-order valence-electron chi connectivity index (χ2n) is 5.46. The quantitative estimate of drug-likeness (QED) is 0.843. The van der Waals surface area contributed by atoms with Gasteiger partial charge in [0.1, 0.15) is 0 Å². The molecule has 0 aliphatic carbocycles. The molecule has 1 atom stereocenters. The maximum absolute atomic E-state index is 9.18. The van der Waals surface area contributed by atoms with Crippen molar-refractivity contribution in [1.82, 2.24) is 5.32 Å². The van der Waals surface area contributed by atoms with Gasteiger partial charge in [-0.25, -0.2) is 0 Å². The van der Waals surface area contributed by atoms with Gasteiger partial charge in [0.05, 0.1) is 6.61 Å². The Balaban J connectivity index is 1.86. The number of aliphatic hydroxyl groups is 1. The molecule has 4 heteroatoms. The van der Waals surface area contributed by atoms with E-state index < -0.39 is 0 Å². The van der Waals surface area contributed by atoms with E-state index in [1.807, 2.05) is 19.1 Å². The molecule has 1 fully saturated rings. The fourth-order valence-corrected chi connectivity index (χ4v) is 2.72. The van der Waals surface area contributed by atoms with E-state index in [0.29, 0.717) is 0 Å². The highest BCUT2D eigenvalue weighted by atomic mass is 35.5. The number of hydrogen-bond acceptors (Lipinski definition) is 3. The average Bonchev–Trinajstić information content (AvgIpc) is 2.83. The summed E-state index contributed by atoms with van der Waals surface area (Å²) < 4.78 is 5.48. The molecule has 0 saturated carbocycles. The van der Waals surface area contributed by atoms with E-state index in [9.17, 15) is 5.11 Å². The number of nitrogens with one attached hydrogen (secondary N) is 1. The largest absolute Gasteiger partial charge is 0.396 e. The number of aliphatic hydroxyl groups excluding tert-OH is 1. The SMILES string of the molecule is Cc1cc(CNCC2(CCO)CCOC2)ccc1Cl. The van der Waals surface area contributed by atoms with Gasteiger partial charge in [-0.15, -0.1) is 0 Å². The zero-order valence-electron chi connectivity index (χ0n) is 11.4. The van der Waals surface area contributed by atoms with E-state index in [4.69, 9.17) is 16.3 Å². The summed E-state index contributed by atoms with van der Waals surface area (Å²) in [5, 5.41) is 13.5. The summed E-state index contributed by atoms with van der Waals surface area (Å²) in [6, 6.07) is 6.10. The molecule has 1 aliphatic rings. The molecule has 1 aromatic carbocycles. The Bertz CT molecular complexity index is 417. The summed E-state index contributed by atoms with van der Waals surface area (Å²) in [5.41, 5.74) is 2.45. The van der Waals surface area contributed by atoms with Crippen LogP contribution in [0.2, 0.25) is 5.02 Å². The van der Waals surface area contributed by atoms with E-state index in [-0.39, 0.29) is 12.0 Å². The van der Waals surface area contributed by atoms with Crippen LogP contribution in [0.4, 0.5) is 0 Å². The Morgan fingerprint density at radius 2 is 2.32 bits per heavy atom. The van der Waals surface area contributed by atoms with E-state index in [1.165, 1.54) is 5.56 Å². The van der Waals surface area contributed by atoms with E-state index in [1.54, 1.807) is 0 Å². The van der Waals surface area contributed by atoms with Crippen LogP contribution in [0.5, 0.6) is 0 Å². The predicted octanol–water partition coefficient (Wildman–Crippen LogP) is 2.53. The average molecular weight is 284 g/mol.